The summed E-state index contributed by atoms with van der Waals surface area (Å²) in [4.78, 5) is 14.4. The highest BCUT2D eigenvalue weighted by Crippen LogP contribution is 2.20. The van der Waals surface area contributed by atoms with Gasteiger partial charge in [-0.15, -0.1) is 24.0 Å². The van der Waals surface area contributed by atoms with Crippen molar-refractivity contribution < 1.29 is 0 Å². The zero-order chi connectivity index (χ0) is 19.8. The largest absolute Gasteiger partial charge is 0.357 e. The fourth-order valence-corrected chi connectivity index (χ4v) is 4.07. The monoisotopic (exact) mass is 514 g/mol. The van der Waals surface area contributed by atoms with Gasteiger partial charge < -0.3 is 15.5 Å². The fraction of sp³-hybridized carbons (Fsp3) is 0.727. The molecule has 0 atom stereocenters. The van der Waals surface area contributed by atoms with Crippen LogP contribution < -0.4 is 15.5 Å². The van der Waals surface area contributed by atoms with Crippen molar-refractivity contribution in [3.05, 3.63) is 23.9 Å². The van der Waals surface area contributed by atoms with Crippen LogP contribution in [0.15, 0.2) is 23.3 Å². The highest BCUT2D eigenvalue weighted by molar-refractivity contribution is 14.0. The number of piperidine rings is 1. The van der Waals surface area contributed by atoms with Gasteiger partial charge in [-0.2, -0.15) is 0 Å². The van der Waals surface area contributed by atoms with Crippen molar-refractivity contribution in [2.75, 3.05) is 44.2 Å². The lowest BCUT2D eigenvalue weighted by Gasteiger charge is -2.41. The topological polar surface area (TPSA) is 55.8 Å². The number of aliphatic imine (C=N–C) groups is 1. The Kier molecular flexibility index (Phi) is 9.95. The molecule has 2 aliphatic heterocycles. The molecule has 2 aliphatic rings. The van der Waals surface area contributed by atoms with E-state index in [-0.39, 0.29) is 29.5 Å². The summed E-state index contributed by atoms with van der Waals surface area (Å²) in [6.45, 7) is 13.8. The van der Waals surface area contributed by atoms with Gasteiger partial charge in [0.2, 0.25) is 0 Å². The maximum Gasteiger partial charge on any atom is 0.191 e. The molecule has 0 saturated carbocycles. The van der Waals surface area contributed by atoms with E-state index in [9.17, 15) is 0 Å². The Hall–Kier alpha value is -1.09. The number of hydrogen-bond donors (Lipinski definition) is 2. The Balaban J connectivity index is 0.00000300. The molecule has 0 unspecified atom stereocenters. The first-order valence-corrected chi connectivity index (χ1v) is 11.1. The molecule has 0 aliphatic carbocycles. The van der Waals surface area contributed by atoms with Gasteiger partial charge in [0.05, 0.1) is 6.54 Å². The molecule has 0 aromatic carbocycles. The van der Waals surface area contributed by atoms with Gasteiger partial charge >= 0.3 is 0 Å². The number of hydrogen-bond acceptors (Lipinski definition) is 4. The standard InChI is InChI=1S/C22H38N6.HI/c1-4-23-21(26-18-22(2,3)28-14-6-5-7-15-28)25-17-19-10-11-20(24-16-19)27-12-8-9-13-27;/h10-11,16H,4-9,12-15,17-18H2,1-3H3,(H2,23,25,26);1H. The molecule has 3 rings (SSSR count). The number of nitrogens with zero attached hydrogens (tertiary/aromatic N) is 4. The second-order valence-corrected chi connectivity index (χ2v) is 8.63. The maximum absolute atomic E-state index is 4.78. The Bertz CT molecular complexity index is 619. The molecule has 0 bridgehead atoms. The molecule has 2 N–H and O–H groups in total. The summed E-state index contributed by atoms with van der Waals surface area (Å²) in [7, 11) is 0. The van der Waals surface area contributed by atoms with E-state index in [4.69, 9.17) is 4.99 Å². The molecule has 0 spiro atoms. The second-order valence-electron chi connectivity index (χ2n) is 8.63. The fourth-order valence-electron chi connectivity index (χ4n) is 4.07. The van der Waals surface area contributed by atoms with Crippen molar-refractivity contribution in [3.63, 3.8) is 0 Å². The van der Waals surface area contributed by atoms with Crippen LogP contribution in [0.2, 0.25) is 0 Å². The molecular formula is C22H39IN6. The summed E-state index contributed by atoms with van der Waals surface area (Å²) in [5.74, 6) is 1.98. The van der Waals surface area contributed by atoms with E-state index in [0.29, 0.717) is 6.54 Å². The van der Waals surface area contributed by atoms with E-state index < -0.39 is 0 Å². The molecule has 1 aromatic heterocycles. The van der Waals surface area contributed by atoms with E-state index in [1.54, 1.807) is 0 Å². The van der Waals surface area contributed by atoms with Gasteiger partial charge in [0.15, 0.2) is 5.96 Å². The van der Waals surface area contributed by atoms with Crippen molar-refractivity contribution in [2.24, 2.45) is 4.99 Å². The van der Waals surface area contributed by atoms with Gasteiger partial charge in [-0.05, 0) is 71.2 Å². The first-order chi connectivity index (χ1) is 13.6. The van der Waals surface area contributed by atoms with Gasteiger partial charge in [0, 0.05) is 37.9 Å². The van der Waals surface area contributed by atoms with Crippen molar-refractivity contribution in [3.8, 4) is 0 Å². The summed E-state index contributed by atoms with van der Waals surface area (Å²) in [5, 5.41) is 6.93. The molecule has 2 saturated heterocycles. The third-order valence-electron chi connectivity index (χ3n) is 5.90. The first-order valence-electron chi connectivity index (χ1n) is 11.1. The number of pyridine rings is 1. The van der Waals surface area contributed by atoms with Gasteiger partial charge in [-0.25, -0.2) is 9.98 Å². The van der Waals surface area contributed by atoms with E-state index >= 15 is 0 Å². The average Bonchev–Trinajstić information content (AvgIpc) is 3.26. The lowest BCUT2D eigenvalue weighted by molar-refractivity contribution is 0.0982. The van der Waals surface area contributed by atoms with Gasteiger partial charge in [0.1, 0.15) is 5.82 Å². The van der Waals surface area contributed by atoms with Crippen LogP contribution in [0.5, 0.6) is 0 Å². The molecule has 0 amide bonds. The summed E-state index contributed by atoms with van der Waals surface area (Å²) in [6, 6.07) is 4.29. The third kappa shape index (κ3) is 7.27. The number of likely N-dealkylation sites (tertiary alicyclic amines) is 1. The van der Waals surface area contributed by atoms with Crippen molar-refractivity contribution in [1.29, 1.82) is 0 Å². The zero-order valence-corrected chi connectivity index (χ0v) is 20.7. The predicted molar refractivity (Wildman–Crippen MR) is 133 cm³/mol. The molecule has 1 aromatic rings. The lowest BCUT2D eigenvalue weighted by Crippen LogP contribution is -2.54. The highest BCUT2D eigenvalue weighted by atomic mass is 127. The van der Waals surface area contributed by atoms with E-state index in [1.807, 2.05) is 6.20 Å². The first kappa shape index (κ1) is 24.2. The SMILES string of the molecule is CCNC(=NCc1ccc(N2CCCC2)nc1)NCC(C)(C)N1CCCCC1.I. The number of nitrogens with one attached hydrogen (secondary N) is 2. The van der Waals surface area contributed by atoms with Crippen LogP contribution in [0, 0.1) is 0 Å². The second kappa shape index (κ2) is 11.9. The Labute approximate surface area is 194 Å². The molecule has 2 fully saturated rings. The summed E-state index contributed by atoms with van der Waals surface area (Å²) >= 11 is 0. The van der Waals surface area contributed by atoms with E-state index in [2.05, 4.69) is 58.3 Å². The number of guanidine groups is 1. The molecule has 6 nitrogen and oxygen atoms in total. The Morgan fingerprint density at radius 3 is 2.34 bits per heavy atom. The maximum atomic E-state index is 4.78. The minimum absolute atomic E-state index is 0. The Morgan fingerprint density at radius 1 is 1.03 bits per heavy atom. The van der Waals surface area contributed by atoms with Crippen molar-refractivity contribution >= 4 is 35.8 Å². The number of anilines is 1. The third-order valence-corrected chi connectivity index (χ3v) is 5.90. The minimum Gasteiger partial charge on any atom is -0.357 e. The summed E-state index contributed by atoms with van der Waals surface area (Å²) < 4.78 is 0. The summed E-state index contributed by atoms with van der Waals surface area (Å²) in [5.41, 5.74) is 1.28. The van der Waals surface area contributed by atoms with Crippen LogP contribution >= 0.6 is 24.0 Å². The van der Waals surface area contributed by atoms with E-state index in [1.165, 1.54) is 45.2 Å². The Morgan fingerprint density at radius 2 is 1.72 bits per heavy atom. The van der Waals surface area contributed by atoms with Gasteiger partial charge in [-0.3, -0.25) is 4.90 Å². The smallest absolute Gasteiger partial charge is 0.191 e. The number of aromatic nitrogens is 1. The highest BCUT2D eigenvalue weighted by Gasteiger charge is 2.27. The van der Waals surface area contributed by atoms with Crippen LogP contribution in [0.3, 0.4) is 0 Å². The van der Waals surface area contributed by atoms with Crippen LogP contribution in [0.4, 0.5) is 5.82 Å². The average molecular weight is 515 g/mol. The summed E-state index contributed by atoms with van der Waals surface area (Å²) in [6.07, 6.45) is 8.53. The van der Waals surface area contributed by atoms with Crippen LogP contribution in [-0.2, 0) is 6.54 Å². The van der Waals surface area contributed by atoms with Crippen molar-refractivity contribution in [2.45, 2.75) is 65.0 Å². The normalized spacial score (nSPS) is 18.4. The molecule has 29 heavy (non-hydrogen) atoms. The molecular weight excluding hydrogens is 475 g/mol. The van der Waals surface area contributed by atoms with E-state index in [0.717, 1.165) is 43.5 Å². The minimum atomic E-state index is 0. The van der Waals surface area contributed by atoms with Gasteiger partial charge in [-0.1, -0.05) is 12.5 Å². The van der Waals surface area contributed by atoms with Gasteiger partial charge in [0.25, 0.3) is 0 Å². The number of halogens is 1. The van der Waals surface area contributed by atoms with Crippen molar-refractivity contribution in [1.82, 2.24) is 20.5 Å². The van der Waals surface area contributed by atoms with Crippen LogP contribution in [0.25, 0.3) is 0 Å². The van der Waals surface area contributed by atoms with Crippen LogP contribution in [0.1, 0.15) is 58.4 Å². The quantitative estimate of drug-likeness (QED) is 0.331. The predicted octanol–water partition coefficient (Wildman–Crippen LogP) is 3.62. The molecule has 7 heteroatoms. The molecule has 164 valence electrons. The molecule has 3 heterocycles. The lowest BCUT2D eigenvalue weighted by atomic mass is 9.98. The zero-order valence-electron chi connectivity index (χ0n) is 18.4. The molecule has 0 radical (unpaired) electrons. The van der Waals surface area contributed by atoms with Crippen LogP contribution in [-0.4, -0.2) is 60.7 Å². The number of rotatable bonds is 7.